The van der Waals surface area contributed by atoms with Crippen molar-refractivity contribution < 1.29 is 18.8 Å². The minimum absolute atomic E-state index is 0.118. The molecular formula is C24H33N3O4. The van der Waals surface area contributed by atoms with Crippen molar-refractivity contribution in [2.75, 3.05) is 33.3 Å². The fourth-order valence-electron chi connectivity index (χ4n) is 3.79. The maximum absolute atomic E-state index is 13.1. The molecule has 31 heavy (non-hydrogen) atoms. The molecule has 1 aromatic carbocycles. The van der Waals surface area contributed by atoms with Crippen LogP contribution < -0.4 is 4.74 Å². The van der Waals surface area contributed by atoms with Gasteiger partial charge in [0.1, 0.15) is 5.75 Å². The van der Waals surface area contributed by atoms with Gasteiger partial charge >= 0.3 is 0 Å². The molecule has 1 saturated heterocycles. The Morgan fingerprint density at radius 3 is 2.52 bits per heavy atom. The first-order valence-corrected chi connectivity index (χ1v) is 11.1. The van der Waals surface area contributed by atoms with Gasteiger partial charge in [0.15, 0.2) is 11.5 Å². The lowest BCUT2D eigenvalue weighted by molar-refractivity contribution is -0.132. The summed E-state index contributed by atoms with van der Waals surface area (Å²) in [7, 11) is 1.61. The molecule has 1 aliphatic heterocycles. The molecule has 0 unspecified atom stereocenters. The molecule has 0 atom stereocenters. The summed E-state index contributed by atoms with van der Waals surface area (Å²) in [4.78, 5) is 29.4. The molecule has 0 N–H and O–H groups in total. The Bertz CT molecular complexity index is 867. The molecule has 2 aromatic rings. The molecule has 0 radical (unpaired) electrons. The highest BCUT2D eigenvalue weighted by atomic mass is 16.5. The summed E-state index contributed by atoms with van der Waals surface area (Å²) in [6.45, 7) is 8.90. The predicted octanol–water partition coefficient (Wildman–Crippen LogP) is 4.10. The maximum atomic E-state index is 13.1. The van der Waals surface area contributed by atoms with Crippen LogP contribution in [0, 0.1) is 11.8 Å². The molecule has 1 aliphatic rings. The number of amides is 2. The summed E-state index contributed by atoms with van der Waals surface area (Å²) >= 11 is 0. The zero-order valence-corrected chi connectivity index (χ0v) is 19.0. The molecule has 0 spiro atoms. The average molecular weight is 428 g/mol. The molecule has 1 fully saturated rings. The Labute approximate surface area is 184 Å². The largest absolute Gasteiger partial charge is 0.497 e. The van der Waals surface area contributed by atoms with E-state index in [1.807, 2.05) is 29.2 Å². The summed E-state index contributed by atoms with van der Waals surface area (Å²) < 4.78 is 10.6. The number of benzene rings is 1. The summed E-state index contributed by atoms with van der Waals surface area (Å²) in [5.41, 5.74) is 1.07. The summed E-state index contributed by atoms with van der Waals surface area (Å²) in [6.07, 6.45) is 2.43. The first-order valence-electron chi connectivity index (χ1n) is 11.1. The van der Waals surface area contributed by atoms with Gasteiger partial charge in [-0.2, -0.15) is 0 Å². The van der Waals surface area contributed by atoms with Crippen LogP contribution in [0.3, 0.4) is 0 Å². The third-order valence-corrected chi connectivity index (χ3v) is 5.71. The van der Waals surface area contributed by atoms with Gasteiger partial charge in [-0.1, -0.05) is 25.9 Å². The smallest absolute Gasteiger partial charge is 0.276 e. The number of carbonyl (C=O) groups is 2. The van der Waals surface area contributed by atoms with Crippen LogP contribution in [0.1, 0.15) is 50.5 Å². The average Bonchev–Trinajstić information content (AvgIpc) is 3.26. The van der Waals surface area contributed by atoms with E-state index in [-0.39, 0.29) is 23.4 Å². The van der Waals surface area contributed by atoms with Crippen molar-refractivity contribution in [1.29, 1.82) is 0 Å². The number of carbonyl (C=O) groups excluding carboxylic acids is 2. The minimum atomic E-state index is -0.211. The monoisotopic (exact) mass is 427 g/mol. The minimum Gasteiger partial charge on any atom is -0.497 e. The van der Waals surface area contributed by atoms with Gasteiger partial charge < -0.3 is 19.1 Å². The van der Waals surface area contributed by atoms with Crippen molar-refractivity contribution in [3.8, 4) is 17.1 Å². The maximum Gasteiger partial charge on any atom is 0.276 e. The molecule has 1 aromatic heterocycles. The number of hydrogen-bond donors (Lipinski definition) is 0. The molecule has 0 bridgehead atoms. The van der Waals surface area contributed by atoms with Crippen LogP contribution >= 0.6 is 0 Å². The molecule has 168 valence electrons. The number of piperidine rings is 1. The van der Waals surface area contributed by atoms with E-state index >= 15 is 0 Å². The fraction of sp³-hybridized carbons (Fsp3) is 0.542. The van der Waals surface area contributed by atoms with E-state index in [1.54, 1.807) is 18.1 Å². The molecule has 2 amide bonds. The van der Waals surface area contributed by atoms with Crippen molar-refractivity contribution in [3.05, 3.63) is 36.0 Å². The van der Waals surface area contributed by atoms with Crippen LogP contribution in [0.2, 0.25) is 0 Å². The lowest BCUT2D eigenvalue weighted by Gasteiger charge is -2.31. The summed E-state index contributed by atoms with van der Waals surface area (Å²) in [6, 6.07) is 9.04. The lowest BCUT2D eigenvalue weighted by atomic mass is 9.99. The quantitative estimate of drug-likeness (QED) is 0.634. The third-order valence-electron chi connectivity index (χ3n) is 5.71. The van der Waals surface area contributed by atoms with E-state index in [0.717, 1.165) is 37.2 Å². The molecule has 0 aliphatic carbocycles. The van der Waals surface area contributed by atoms with Gasteiger partial charge in [-0.15, -0.1) is 0 Å². The van der Waals surface area contributed by atoms with Crippen LogP contribution in [0.5, 0.6) is 5.75 Å². The van der Waals surface area contributed by atoms with E-state index in [4.69, 9.17) is 9.26 Å². The Kier molecular flexibility index (Phi) is 7.71. The Morgan fingerprint density at radius 1 is 1.23 bits per heavy atom. The van der Waals surface area contributed by atoms with Gasteiger partial charge in [0.05, 0.1) is 7.11 Å². The fourth-order valence-corrected chi connectivity index (χ4v) is 3.79. The number of likely N-dealkylation sites (tertiary alicyclic amines) is 1. The van der Waals surface area contributed by atoms with Crippen molar-refractivity contribution in [2.45, 2.75) is 40.0 Å². The highest BCUT2D eigenvalue weighted by molar-refractivity contribution is 5.93. The van der Waals surface area contributed by atoms with Crippen molar-refractivity contribution in [2.24, 2.45) is 11.8 Å². The highest BCUT2D eigenvalue weighted by Crippen LogP contribution is 2.24. The van der Waals surface area contributed by atoms with E-state index in [0.29, 0.717) is 31.2 Å². The van der Waals surface area contributed by atoms with Gasteiger partial charge in [-0.05, 0) is 48.9 Å². The van der Waals surface area contributed by atoms with Crippen LogP contribution in [0.4, 0.5) is 0 Å². The van der Waals surface area contributed by atoms with Gasteiger partial charge in [-0.25, -0.2) is 0 Å². The number of ether oxygens (including phenoxy) is 1. The third kappa shape index (κ3) is 6.09. The number of methoxy groups -OCH3 is 1. The molecular weight excluding hydrogens is 394 g/mol. The number of nitrogens with zero attached hydrogens (tertiary/aromatic N) is 3. The van der Waals surface area contributed by atoms with Gasteiger partial charge in [-0.3, -0.25) is 9.59 Å². The lowest BCUT2D eigenvalue weighted by Crippen LogP contribution is -2.41. The van der Waals surface area contributed by atoms with Crippen LogP contribution in [0.15, 0.2) is 34.9 Å². The predicted molar refractivity (Wildman–Crippen MR) is 119 cm³/mol. The van der Waals surface area contributed by atoms with Crippen molar-refractivity contribution >= 4 is 11.8 Å². The van der Waals surface area contributed by atoms with Crippen molar-refractivity contribution in [3.63, 3.8) is 0 Å². The standard InChI is InChI=1S/C24H33N3O4/c1-17(2)16-27(14-11-23(28)26-12-9-18(3)10-13-26)24(29)21-15-22(31-25-21)19-5-7-20(30-4)8-6-19/h5-8,15,17-18H,9-14,16H2,1-4H3. The van der Waals surface area contributed by atoms with Gasteiger partial charge in [0.25, 0.3) is 5.91 Å². The normalized spacial score (nSPS) is 14.7. The zero-order valence-electron chi connectivity index (χ0n) is 19.0. The first-order chi connectivity index (χ1) is 14.9. The van der Waals surface area contributed by atoms with Crippen molar-refractivity contribution in [1.82, 2.24) is 15.0 Å². The Balaban J connectivity index is 1.65. The summed E-state index contributed by atoms with van der Waals surface area (Å²) in [5, 5.41) is 4.00. The topological polar surface area (TPSA) is 75.9 Å². The van der Waals surface area contributed by atoms with Crippen LogP contribution in [0.25, 0.3) is 11.3 Å². The molecule has 7 heteroatoms. The molecule has 3 rings (SSSR count). The van der Waals surface area contributed by atoms with Gasteiger partial charge in [0.2, 0.25) is 5.91 Å². The van der Waals surface area contributed by atoms with E-state index < -0.39 is 0 Å². The molecule has 0 saturated carbocycles. The second-order valence-corrected chi connectivity index (χ2v) is 8.76. The number of hydrogen-bond acceptors (Lipinski definition) is 5. The van der Waals surface area contributed by atoms with E-state index in [9.17, 15) is 9.59 Å². The number of aromatic nitrogens is 1. The van der Waals surface area contributed by atoms with Crippen LogP contribution in [-0.2, 0) is 4.79 Å². The zero-order chi connectivity index (χ0) is 22.4. The second-order valence-electron chi connectivity index (χ2n) is 8.76. The SMILES string of the molecule is COc1ccc(-c2cc(C(=O)N(CCC(=O)N3CCC(C)CC3)CC(C)C)no2)cc1. The first kappa shape index (κ1) is 22.8. The van der Waals surface area contributed by atoms with Gasteiger partial charge in [0, 0.05) is 44.2 Å². The summed E-state index contributed by atoms with van der Waals surface area (Å²) in [5.74, 6) is 2.13. The number of rotatable bonds is 8. The second kappa shape index (κ2) is 10.5. The Hall–Kier alpha value is -2.83. The van der Waals surface area contributed by atoms with Crippen LogP contribution in [-0.4, -0.2) is 60.1 Å². The van der Waals surface area contributed by atoms with E-state index in [1.165, 1.54) is 0 Å². The Morgan fingerprint density at radius 2 is 1.90 bits per heavy atom. The molecule has 2 heterocycles. The van der Waals surface area contributed by atoms with E-state index in [2.05, 4.69) is 25.9 Å². The molecule has 7 nitrogen and oxygen atoms in total. The highest BCUT2D eigenvalue weighted by Gasteiger charge is 2.24.